The highest BCUT2D eigenvalue weighted by Gasteiger charge is 2.40. The Balaban J connectivity index is 1.50. The lowest BCUT2D eigenvalue weighted by Gasteiger charge is -2.38. The quantitative estimate of drug-likeness (QED) is 0.383. The number of H-pyrrole nitrogens is 1. The molecule has 1 aromatic carbocycles. The lowest BCUT2D eigenvalue weighted by molar-refractivity contribution is -0.152. The Kier molecular flexibility index (Phi) is 6.54. The first-order valence-electron chi connectivity index (χ1n) is 10.5. The minimum Gasteiger partial charge on any atom is -0.477 e. The van der Waals surface area contributed by atoms with Crippen LogP contribution < -0.4 is 21.3 Å². The summed E-state index contributed by atoms with van der Waals surface area (Å²) in [6.45, 7) is 1.88. The monoisotopic (exact) mass is 456 g/mol. The van der Waals surface area contributed by atoms with Gasteiger partial charge in [0.2, 0.25) is 5.88 Å². The predicted octanol–water partition coefficient (Wildman–Crippen LogP) is -0.597. The summed E-state index contributed by atoms with van der Waals surface area (Å²) < 4.78 is 12.3. The number of carbonyl (C=O) groups is 1. The summed E-state index contributed by atoms with van der Waals surface area (Å²) in [5.41, 5.74) is -0.595. The number of hydrogen-bond acceptors (Lipinski definition) is 8. The number of benzene rings is 1. The number of amides is 1. The Morgan fingerprint density at radius 3 is 2.82 bits per heavy atom. The molecule has 0 bridgehead atoms. The third kappa shape index (κ3) is 4.51. The lowest BCUT2D eigenvalue weighted by atomic mass is 9.97. The van der Waals surface area contributed by atoms with Gasteiger partial charge in [-0.1, -0.05) is 12.1 Å². The second-order valence-corrected chi connectivity index (χ2v) is 7.61. The summed E-state index contributed by atoms with van der Waals surface area (Å²) in [6, 6.07) is 8.78. The molecule has 1 saturated heterocycles. The van der Waals surface area contributed by atoms with Crippen LogP contribution in [-0.2, 0) is 11.3 Å². The number of carbonyl (C=O) groups excluding carboxylic acids is 1. The molecule has 1 aliphatic rings. The highest BCUT2D eigenvalue weighted by Crippen LogP contribution is 2.20. The van der Waals surface area contributed by atoms with Gasteiger partial charge in [-0.15, -0.1) is 0 Å². The number of aliphatic hydroxyl groups is 2. The number of hydrogen-bond donors (Lipinski definition) is 4. The molecule has 0 spiro atoms. The summed E-state index contributed by atoms with van der Waals surface area (Å²) in [6.07, 6.45) is -2.21. The number of fused-ring (bicyclic) bond motifs is 1. The van der Waals surface area contributed by atoms with Gasteiger partial charge in [-0.2, -0.15) is 0 Å². The van der Waals surface area contributed by atoms with E-state index in [0.29, 0.717) is 17.5 Å². The van der Waals surface area contributed by atoms with Crippen LogP contribution in [0.4, 0.5) is 0 Å². The molecule has 0 saturated carbocycles. The number of nitrogens with one attached hydrogen (secondary N) is 2. The zero-order valence-corrected chi connectivity index (χ0v) is 17.8. The van der Waals surface area contributed by atoms with Crippen LogP contribution in [0.1, 0.15) is 17.3 Å². The molecule has 11 nitrogen and oxygen atoms in total. The fourth-order valence-corrected chi connectivity index (χ4v) is 3.84. The molecule has 3 aromatic rings. The normalized spacial score (nSPS) is 22.8. The number of aliphatic hydroxyl groups excluding tert-OH is 2. The molecule has 0 radical (unpaired) electrons. The van der Waals surface area contributed by atoms with Crippen molar-refractivity contribution in [1.82, 2.24) is 19.9 Å². The standard InChI is InChI=1S/C22H24N4O7/c1-2-32-21-13(7-5-9-23-21)20(30)24-14-11-33-16(18(28)17(14)27)10-26-15-8-4-3-6-12(15)19(29)25-22(26)31/h3-9,14,16-18,27-28H,2,10-11H2,1H3,(H,24,30)(H,25,29,31)/t14-,16-,17+,18-/m1/s1. The number of para-hydroxylation sites is 1. The summed E-state index contributed by atoms with van der Waals surface area (Å²) in [4.78, 5) is 43.4. The second-order valence-electron chi connectivity index (χ2n) is 7.61. The van der Waals surface area contributed by atoms with Crippen LogP contribution in [0.15, 0.2) is 52.2 Å². The zero-order chi connectivity index (χ0) is 23.5. The molecule has 174 valence electrons. The van der Waals surface area contributed by atoms with E-state index in [2.05, 4.69) is 15.3 Å². The predicted molar refractivity (Wildman–Crippen MR) is 117 cm³/mol. The van der Waals surface area contributed by atoms with Crippen LogP contribution in [-0.4, -0.2) is 68.2 Å². The third-order valence-corrected chi connectivity index (χ3v) is 5.51. The van der Waals surface area contributed by atoms with Crippen LogP contribution in [0, 0.1) is 0 Å². The Morgan fingerprint density at radius 2 is 2.03 bits per heavy atom. The molecule has 4 rings (SSSR count). The van der Waals surface area contributed by atoms with Gasteiger partial charge >= 0.3 is 5.69 Å². The number of pyridine rings is 1. The summed E-state index contributed by atoms with van der Waals surface area (Å²) in [5, 5.41) is 24.3. The van der Waals surface area contributed by atoms with E-state index in [9.17, 15) is 24.6 Å². The average Bonchev–Trinajstić information content (AvgIpc) is 2.81. The van der Waals surface area contributed by atoms with Crippen molar-refractivity contribution in [3.05, 3.63) is 69.0 Å². The van der Waals surface area contributed by atoms with Crippen molar-refractivity contribution in [3.63, 3.8) is 0 Å². The molecular formula is C22H24N4O7. The van der Waals surface area contributed by atoms with Crippen molar-refractivity contribution < 1.29 is 24.5 Å². The SMILES string of the molecule is CCOc1ncccc1C(=O)N[C@@H]1CO[C@H](Cn2c(=O)[nH]c(=O)c3ccccc32)[C@@H](O)[C@H]1O. The maximum absolute atomic E-state index is 12.7. The third-order valence-electron chi connectivity index (χ3n) is 5.51. The summed E-state index contributed by atoms with van der Waals surface area (Å²) in [7, 11) is 0. The van der Waals surface area contributed by atoms with Crippen molar-refractivity contribution in [2.45, 2.75) is 37.8 Å². The van der Waals surface area contributed by atoms with E-state index in [1.807, 2.05) is 0 Å². The largest absolute Gasteiger partial charge is 0.477 e. The van der Waals surface area contributed by atoms with E-state index in [-0.39, 0.29) is 24.6 Å². The first-order valence-corrected chi connectivity index (χ1v) is 10.5. The molecule has 1 aliphatic heterocycles. The van der Waals surface area contributed by atoms with Gasteiger partial charge in [0, 0.05) is 6.20 Å². The van der Waals surface area contributed by atoms with Gasteiger partial charge in [0.25, 0.3) is 11.5 Å². The van der Waals surface area contributed by atoms with E-state index in [4.69, 9.17) is 9.47 Å². The van der Waals surface area contributed by atoms with E-state index in [1.165, 1.54) is 16.8 Å². The van der Waals surface area contributed by atoms with Crippen molar-refractivity contribution >= 4 is 16.8 Å². The van der Waals surface area contributed by atoms with Crippen LogP contribution in [0.25, 0.3) is 10.9 Å². The number of rotatable bonds is 6. The van der Waals surface area contributed by atoms with Crippen LogP contribution in [0.2, 0.25) is 0 Å². The summed E-state index contributed by atoms with van der Waals surface area (Å²) >= 11 is 0. The highest BCUT2D eigenvalue weighted by molar-refractivity contribution is 5.96. The van der Waals surface area contributed by atoms with Gasteiger partial charge in [0.15, 0.2) is 0 Å². The lowest BCUT2D eigenvalue weighted by Crippen LogP contribution is -2.60. The fraction of sp³-hybridized carbons (Fsp3) is 0.364. The Labute approximate surface area is 187 Å². The molecule has 0 aliphatic carbocycles. The van der Waals surface area contributed by atoms with Crippen molar-refractivity contribution in [3.8, 4) is 5.88 Å². The Morgan fingerprint density at radius 1 is 1.24 bits per heavy atom. The minimum atomic E-state index is -1.40. The van der Waals surface area contributed by atoms with Crippen molar-refractivity contribution in [1.29, 1.82) is 0 Å². The second kappa shape index (κ2) is 9.53. The first kappa shape index (κ1) is 22.6. The molecule has 4 atom stereocenters. The number of aromatic amines is 1. The maximum atomic E-state index is 12.7. The van der Waals surface area contributed by atoms with Crippen LogP contribution in [0.5, 0.6) is 5.88 Å². The van der Waals surface area contributed by atoms with E-state index in [0.717, 1.165) is 0 Å². The molecule has 0 unspecified atom stereocenters. The molecule has 4 N–H and O–H groups in total. The number of ether oxygens (including phenoxy) is 2. The van der Waals surface area contributed by atoms with Gasteiger partial charge in [-0.3, -0.25) is 19.1 Å². The Hall–Kier alpha value is -3.54. The Bertz CT molecular complexity index is 1270. The molecule has 33 heavy (non-hydrogen) atoms. The molecule has 1 amide bonds. The van der Waals surface area contributed by atoms with Crippen molar-refractivity contribution in [2.24, 2.45) is 0 Å². The topological polar surface area (TPSA) is 156 Å². The summed E-state index contributed by atoms with van der Waals surface area (Å²) in [5.74, 6) is -0.376. The van der Waals surface area contributed by atoms with Gasteiger partial charge in [-0.05, 0) is 31.2 Å². The van der Waals surface area contributed by atoms with Gasteiger partial charge in [0.1, 0.15) is 23.9 Å². The van der Waals surface area contributed by atoms with E-state index in [1.54, 1.807) is 37.3 Å². The first-order chi connectivity index (χ1) is 15.9. The number of aromatic nitrogens is 3. The highest BCUT2D eigenvalue weighted by atomic mass is 16.5. The van der Waals surface area contributed by atoms with E-state index < -0.39 is 41.5 Å². The molecular weight excluding hydrogens is 432 g/mol. The number of nitrogens with zero attached hydrogens (tertiary/aromatic N) is 2. The van der Waals surface area contributed by atoms with Gasteiger partial charge < -0.3 is 25.0 Å². The van der Waals surface area contributed by atoms with Gasteiger partial charge in [-0.25, -0.2) is 9.78 Å². The molecule has 3 heterocycles. The zero-order valence-electron chi connectivity index (χ0n) is 17.8. The van der Waals surface area contributed by atoms with E-state index >= 15 is 0 Å². The van der Waals surface area contributed by atoms with Gasteiger partial charge in [0.05, 0.1) is 36.7 Å². The fourth-order valence-electron chi connectivity index (χ4n) is 3.84. The molecule has 11 heteroatoms. The minimum absolute atomic E-state index is 0.102. The molecule has 2 aromatic heterocycles. The smallest absolute Gasteiger partial charge is 0.328 e. The molecule has 1 fully saturated rings. The van der Waals surface area contributed by atoms with Crippen LogP contribution in [0.3, 0.4) is 0 Å². The maximum Gasteiger partial charge on any atom is 0.328 e. The van der Waals surface area contributed by atoms with Crippen LogP contribution >= 0.6 is 0 Å². The average molecular weight is 456 g/mol. The van der Waals surface area contributed by atoms with Crippen molar-refractivity contribution in [2.75, 3.05) is 13.2 Å².